The SMILES string of the molecule is Nc1ccc(NS(=O)(=O)C2CCS(=O)(=O)CC2)cn1. The molecule has 0 radical (unpaired) electrons. The third-order valence-corrected chi connectivity index (χ3v) is 6.57. The van der Waals surface area contributed by atoms with Crippen molar-refractivity contribution in [3.05, 3.63) is 18.3 Å². The number of hydrogen-bond acceptors (Lipinski definition) is 6. The van der Waals surface area contributed by atoms with Gasteiger partial charge in [-0.2, -0.15) is 0 Å². The Kier molecular flexibility index (Phi) is 3.68. The highest BCUT2D eigenvalue weighted by Crippen LogP contribution is 2.21. The van der Waals surface area contributed by atoms with Crippen LogP contribution in [-0.2, 0) is 19.9 Å². The van der Waals surface area contributed by atoms with Gasteiger partial charge in [0.1, 0.15) is 15.7 Å². The van der Waals surface area contributed by atoms with Gasteiger partial charge in [0.2, 0.25) is 10.0 Å². The van der Waals surface area contributed by atoms with E-state index in [4.69, 9.17) is 5.73 Å². The van der Waals surface area contributed by atoms with Crippen molar-refractivity contribution in [1.29, 1.82) is 0 Å². The molecular weight excluding hydrogens is 290 g/mol. The van der Waals surface area contributed by atoms with Crippen molar-refractivity contribution in [2.24, 2.45) is 0 Å². The van der Waals surface area contributed by atoms with Gasteiger partial charge in [-0.15, -0.1) is 0 Å². The molecule has 1 aliphatic heterocycles. The van der Waals surface area contributed by atoms with Gasteiger partial charge in [0.05, 0.1) is 28.6 Å². The minimum Gasteiger partial charge on any atom is -0.384 e. The Morgan fingerprint density at radius 2 is 1.89 bits per heavy atom. The van der Waals surface area contributed by atoms with Gasteiger partial charge in [0.25, 0.3) is 0 Å². The van der Waals surface area contributed by atoms with Crippen LogP contribution in [0.4, 0.5) is 11.5 Å². The van der Waals surface area contributed by atoms with Gasteiger partial charge >= 0.3 is 0 Å². The standard InChI is InChI=1S/C10H15N3O4S2/c11-10-2-1-8(7-12-10)13-19(16,17)9-3-5-18(14,15)6-4-9/h1-2,7,9,13H,3-6H2,(H2,11,12). The lowest BCUT2D eigenvalue weighted by Crippen LogP contribution is -2.36. The molecule has 9 heteroatoms. The molecule has 0 amide bonds. The third-order valence-electron chi connectivity index (χ3n) is 2.99. The summed E-state index contributed by atoms with van der Waals surface area (Å²) in [7, 11) is -6.67. The first kappa shape index (κ1) is 14.1. The average Bonchev–Trinajstić information content (AvgIpc) is 2.31. The zero-order chi connectivity index (χ0) is 14.1. The molecule has 1 saturated heterocycles. The van der Waals surface area contributed by atoms with E-state index in [0.717, 1.165) is 0 Å². The highest BCUT2D eigenvalue weighted by Gasteiger charge is 2.32. The summed E-state index contributed by atoms with van der Waals surface area (Å²) < 4.78 is 49.1. The average molecular weight is 305 g/mol. The Morgan fingerprint density at radius 3 is 2.42 bits per heavy atom. The van der Waals surface area contributed by atoms with Gasteiger partial charge in [-0.3, -0.25) is 4.72 Å². The molecule has 0 spiro atoms. The fourth-order valence-corrected chi connectivity index (χ4v) is 5.15. The Hall–Kier alpha value is -1.35. The van der Waals surface area contributed by atoms with Crippen LogP contribution in [0.3, 0.4) is 0 Å². The van der Waals surface area contributed by atoms with Crippen LogP contribution in [0.5, 0.6) is 0 Å². The largest absolute Gasteiger partial charge is 0.384 e. The van der Waals surface area contributed by atoms with Crippen molar-refractivity contribution in [3.8, 4) is 0 Å². The number of sulfone groups is 1. The monoisotopic (exact) mass is 305 g/mol. The maximum atomic E-state index is 12.1. The Balaban J connectivity index is 2.09. The first-order valence-electron chi connectivity index (χ1n) is 5.72. The lowest BCUT2D eigenvalue weighted by Gasteiger charge is -2.22. The number of aromatic nitrogens is 1. The van der Waals surface area contributed by atoms with Crippen molar-refractivity contribution in [2.45, 2.75) is 18.1 Å². The molecule has 0 aliphatic carbocycles. The van der Waals surface area contributed by atoms with Gasteiger partial charge in [0.15, 0.2) is 0 Å². The number of nitrogens with zero attached hydrogens (tertiary/aromatic N) is 1. The predicted octanol–water partition coefficient (Wildman–Crippen LogP) is -0.0173. The molecule has 106 valence electrons. The van der Waals surface area contributed by atoms with Crippen LogP contribution in [-0.4, -0.2) is 38.6 Å². The second kappa shape index (κ2) is 4.97. The predicted molar refractivity (Wildman–Crippen MR) is 72.9 cm³/mol. The molecule has 1 aromatic heterocycles. The van der Waals surface area contributed by atoms with E-state index in [1.165, 1.54) is 18.3 Å². The van der Waals surface area contributed by atoms with Crippen molar-refractivity contribution in [2.75, 3.05) is 22.0 Å². The van der Waals surface area contributed by atoms with Crippen LogP contribution in [0.2, 0.25) is 0 Å². The molecule has 0 unspecified atom stereocenters. The van der Waals surface area contributed by atoms with E-state index in [0.29, 0.717) is 11.5 Å². The number of anilines is 2. The zero-order valence-electron chi connectivity index (χ0n) is 10.1. The van der Waals surface area contributed by atoms with Gasteiger partial charge < -0.3 is 5.73 Å². The van der Waals surface area contributed by atoms with E-state index in [1.807, 2.05) is 0 Å². The quantitative estimate of drug-likeness (QED) is 0.810. The molecule has 0 bridgehead atoms. The summed E-state index contributed by atoms with van der Waals surface area (Å²) in [5.41, 5.74) is 5.73. The maximum absolute atomic E-state index is 12.1. The molecule has 3 N–H and O–H groups in total. The van der Waals surface area contributed by atoms with Gasteiger partial charge in [-0.05, 0) is 25.0 Å². The second-order valence-corrected chi connectivity index (χ2v) is 8.73. The molecule has 2 rings (SSSR count). The van der Waals surface area contributed by atoms with Gasteiger partial charge in [-0.25, -0.2) is 21.8 Å². The third kappa shape index (κ3) is 3.57. The van der Waals surface area contributed by atoms with Crippen LogP contribution in [0.15, 0.2) is 18.3 Å². The molecule has 19 heavy (non-hydrogen) atoms. The van der Waals surface area contributed by atoms with Crippen molar-refractivity contribution >= 4 is 31.4 Å². The Morgan fingerprint density at radius 1 is 1.26 bits per heavy atom. The maximum Gasteiger partial charge on any atom is 0.235 e. The first-order chi connectivity index (χ1) is 8.78. The molecule has 1 fully saturated rings. The number of nitrogens with one attached hydrogen (secondary N) is 1. The molecular formula is C10H15N3O4S2. The van der Waals surface area contributed by atoms with E-state index in [2.05, 4.69) is 9.71 Å². The minimum atomic E-state index is -3.59. The second-order valence-electron chi connectivity index (χ2n) is 4.47. The van der Waals surface area contributed by atoms with Crippen LogP contribution in [0.1, 0.15) is 12.8 Å². The molecule has 0 saturated carbocycles. The molecule has 7 nitrogen and oxygen atoms in total. The number of hydrogen-bond donors (Lipinski definition) is 2. The summed E-state index contributed by atoms with van der Waals surface area (Å²) in [6.07, 6.45) is 1.58. The smallest absolute Gasteiger partial charge is 0.235 e. The molecule has 1 aromatic rings. The van der Waals surface area contributed by atoms with E-state index in [1.54, 1.807) is 0 Å². The topological polar surface area (TPSA) is 119 Å². The number of nitrogen functional groups attached to an aromatic ring is 1. The Labute approximate surface area is 112 Å². The van der Waals surface area contributed by atoms with E-state index >= 15 is 0 Å². The first-order valence-corrected chi connectivity index (χ1v) is 9.09. The molecule has 2 heterocycles. The number of sulfonamides is 1. The summed E-state index contributed by atoms with van der Waals surface area (Å²) in [4.78, 5) is 3.79. The normalized spacial score (nSPS) is 20.0. The Bertz CT molecular complexity index is 639. The highest BCUT2D eigenvalue weighted by atomic mass is 32.2. The van der Waals surface area contributed by atoms with Crippen molar-refractivity contribution in [3.63, 3.8) is 0 Å². The van der Waals surface area contributed by atoms with E-state index in [9.17, 15) is 16.8 Å². The molecule has 1 aliphatic rings. The lowest BCUT2D eigenvalue weighted by molar-refractivity contribution is 0.555. The van der Waals surface area contributed by atoms with E-state index < -0.39 is 25.1 Å². The lowest BCUT2D eigenvalue weighted by atomic mass is 10.2. The van der Waals surface area contributed by atoms with Gasteiger partial charge in [0, 0.05) is 0 Å². The van der Waals surface area contributed by atoms with Crippen LogP contribution in [0.25, 0.3) is 0 Å². The fourth-order valence-electron chi connectivity index (χ4n) is 1.89. The highest BCUT2D eigenvalue weighted by molar-refractivity contribution is 7.94. The molecule has 0 aromatic carbocycles. The minimum absolute atomic E-state index is 0.0848. The summed E-state index contributed by atoms with van der Waals surface area (Å²) in [6, 6.07) is 3.00. The zero-order valence-corrected chi connectivity index (χ0v) is 11.7. The van der Waals surface area contributed by atoms with Crippen molar-refractivity contribution in [1.82, 2.24) is 4.98 Å². The van der Waals surface area contributed by atoms with Crippen LogP contribution in [0, 0.1) is 0 Å². The fraction of sp³-hybridized carbons (Fsp3) is 0.500. The summed E-state index contributed by atoms with van der Waals surface area (Å²) in [5.74, 6) is 0.128. The van der Waals surface area contributed by atoms with Crippen molar-refractivity contribution < 1.29 is 16.8 Å². The van der Waals surface area contributed by atoms with Crippen LogP contribution >= 0.6 is 0 Å². The van der Waals surface area contributed by atoms with Crippen LogP contribution < -0.4 is 10.5 Å². The van der Waals surface area contributed by atoms with E-state index in [-0.39, 0.29) is 24.3 Å². The number of nitrogens with two attached hydrogens (primary N) is 1. The summed E-state index contributed by atoms with van der Waals surface area (Å²) in [6.45, 7) is 0. The summed E-state index contributed by atoms with van der Waals surface area (Å²) >= 11 is 0. The number of rotatable bonds is 3. The summed E-state index contributed by atoms with van der Waals surface area (Å²) in [5, 5.41) is -0.687. The number of pyridine rings is 1. The molecule has 0 atom stereocenters. The van der Waals surface area contributed by atoms with Gasteiger partial charge in [-0.1, -0.05) is 0 Å².